The number of hydrogen-bond donors (Lipinski definition) is 0. The molecule has 2 atom stereocenters. The largest absolute Gasteiger partial charge is 0.368 e. The van der Waals surface area contributed by atoms with E-state index in [4.69, 9.17) is 9.57 Å². The van der Waals surface area contributed by atoms with Crippen molar-refractivity contribution in [2.45, 2.75) is 45.0 Å². The van der Waals surface area contributed by atoms with E-state index >= 15 is 0 Å². The molecule has 2 aliphatic heterocycles. The summed E-state index contributed by atoms with van der Waals surface area (Å²) in [5.41, 5.74) is -0.0677. The van der Waals surface area contributed by atoms with Crippen molar-refractivity contribution >= 4 is 0 Å². The Kier molecular flexibility index (Phi) is 1.90. The number of rotatable bonds is 1. The minimum absolute atomic E-state index is 0.0677. The van der Waals surface area contributed by atoms with Gasteiger partial charge in [-0.2, -0.15) is 5.06 Å². The van der Waals surface area contributed by atoms with E-state index in [9.17, 15) is 0 Å². The fourth-order valence-corrected chi connectivity index (χ4v) is 1.63. The Labute approximate surface area is 73.6 Å². The van der Waals surface area contributed by atoms with Crippen molar-refractivity contribution in [1.82, 2.24) is 5.06 Å². The number of hydrogen-bond acceptors (Lipinski definition) is 3. The van der Waals surface area contributed by atoms with E-state index in [0.717, 1.165) is 19.5 Å². The third kappa shape index (κ3) is 1.97. The minimum atomic E-state index is -0.0677. The van der Waals surface area contributed by atoms with Crippen LogP contribution in [0, 0.1) is 0 Å². The molecule has 3 nitrogen and oxygen atoms in total. The van der Waals surface area contributed by atoms with Crippen LogP contribution in [0.4, 0.5) is 0 Å². The summed E-state index contributed by atoms with van der Waals surface area (Å²) in [6.45, 7) is 8.19. The third-order valence-electron chi connectivity index (χ3n) is 2.14. The molecular formula is C9H17NO2. The molecule has 2 rings (SSSR count). The quantitative estimate of drug-likeness (QED) is 0.554. The predicted molar refractivity (Wildman–Crippen MR) is 45.7 cm³/mol. The highest BCUT2D eigenvalue weighted by molar-refractivity contribution is 4.90. The van der Waals surface area contributed by atoms with Crippen molar-refractivity contribution in [3.63, 3.8) is 0 Å². The van der Waals surface area contributed by atoms with Gasteiger partial charge >= 0.3 is 0 Å². The molecule has 2 unspecified atom stereocenters. The van der Waals surface area contributed by atoms with Crippen molar-refractivity contribution < 1.29 is 9.57 Å². The molecule has 0 aromatic carbocycles. The summed E-state index contributed by atoms with van der Waals surface area (Å²) in [5.74, 6) is 0. The molecular weight excluding hydrogens is 154 g/mol. The number of hydroxylamine groups is 2. The van der Waals surface area contributed by atoms with Gasteiger partial charge in [0.1, 0.15) is 0 Å². The van der Waals surface area contributed by atoms with Crippen LogP contribution in [-0.2, 0) is 9.57 Å². The molecule has 70 valence electrons. The van der Waals surface area contributed by atoms with Gasteiger partial charge in [-0.05, 0) is 27.2 Å². The normalized spacial score (nSPS) is 36.2. The lowest BCUT2D eigenvalue weighted by molar-refractivity contribution is -0.232. The van der Waals surface area contributed by atoms with Gasteiger partial charge in [-0.25, -0.2) is 0 Å². The Morgan fingerprint density at radius 1 is 1.33 bits per heavy atom. The van der Waals surface area contributed by atoms with Crippen LogP contribution >= 0.6 is 0 Å². The molecule has 0 aliphatic carbocycles. The first-order chi connectivity index (χ1) is 5.54. The highest BCUT2D eigenvalue weighted by atomic mass is 16.7. The Balaban J connectivity index is 1.81. The maximum atomic E-state index is 5.73. The van der Waals surface area contributed by atoms with Gasteiger partial charge < -0.3 is 4.74 Å². The van der Waals surface area contributed by atoms with Crippen LogP contribution in [0.15, 0.2) is 0 Å². The number of fused-ring (bicyclic) bond motifs is 1. The number of nitrogens with zero attached hydrogens (tertiary/aromatic N) is 1. The highest BCUT2D eigenvalue weighted by Crippen LogP contribution is 2.31. The summed E-state index contributed by atoms with van der Waals surface area (Å²) in [4.78, 5) is 5.73. The van der Waals surface area contributed by atoms with E-state index in [0.29, 0.717) is 12.2 Å². The molecule has 0 spiro atoms. The molecule has 3 heteroatoms. The second-order valence-electron chi connectivity index (χ2n) is 4.59. The number of epoxide rings is 1. The van der Waals surface area contributed by atoms with Crippen LogP contribution in [0.1, 0.15) is 27.2 Å². The Morgan fingerprint density at radius 2 is 2.08 bits per heavy atom. The molecule has 0 radical (unpaired) electrons. The maximum Gasteiger partial charge on any atom is 0.0992 e. The summed E-state index contributed by atoms with van der Waals surface area (Å²) in [5, 5.41) is 2.04. The van der Waals surface area contributed by atoms with Crippen LogP contribution in [0.2, 0.25) is 0 Å². The van der Waals surface area contributed by atoms with Crippen molar-refractivity contribution in [1.29, 1.82) is 0 Å². The Bertz CT molecular complexity index is 176. The molecule has 2 fully saturated rings. The minimum Gasteiger partial charge on any atom is -0.368 e. The summed E-state index contributed by atoms with van der Waals surface area (Å²) >= 11 is 0. The molecule has 0 amide bonds. The molecule has 2 heterocycles. The lowest BCUT2D eigenvalue weighted by Crippen LogP contribution is -2.40. The van der Waals surface area contributed by atoms with Crippen molar-refractivity contribution in [2.75, 3.05) is 13.1 Å². The van der Waals surface area contributed by atoms with Crippen molar-refractivity contribution in [2.24, 2.45) is 0 Å². The topological polar surface area (TPSA) is 25.0 Å². The first-order valence-electron chi connectivity index (χ1n) is 4.64. The maximum absolute atomic E-state index is 5.73. The zero-order chi connectivity index (χ0) is 8.77. The molecule has 0 saturated carbocycles. The standard InChI is InChI=1S/C9H17NO2/c1-9(2,3)12-10-5-4-7-8(6-10)11-7/h7-8H,4-6H2,1-3H3. The zero-order valence-electron chi connectivity index (χ0n) is 8.04. The van der Waals surface area contributed by atoms with E-state index in [1.807, 2.05) is 5.06 Å². The van der Waals surface area contributed by atoms with Gasteiger partial charge in [-0.3, -0.25) is 4.84 Å². The molecule has 2 aliphatic rings. The van der Waals surface area contributed by atoms with Crippen LogP contribution in [0.3, 0.4) is 0 Å². The molecule has 2 saturated heterocycles. The lowest BCUT2D eigenvalue weighted by atomic mass is 10.1. The van der Waals surface area contributed by atoms with Crippen LogP contribution in [0.25, 0.3) is 0 Å². The zero-order valence-corrected chi connectivity index (χ0v) is 8.04. The predicted octanol–water partition coefficient (Wildman–Crippen LogP) is 1.19. The van der Waals surface area contributed by atoms with Gasteiger partial charge in [-0.15, -0.1) is 0 Å². The van der Waals surface area contributed by atoms with E-state index in [-0.39, 0.29) is 5.60 Å². The van der Waals surface area contributed by atoms with E-state index in [2.05, 4.69) is 20.8 Å². The van der Waals surface area contributed by atoms with Gasteiger partial charge in [0.15, 0.2) is 0 Å². The van der Waals surface area contributed by atoms with Gasteiger partial charge in [0.2, 0.25) is 0 Å². The fourth-order valence-electron chi connectivity index (χ4n) is 1.63. The SMILES string of the molecule is CC(C)(C)ON1CCC2OC2C1. The molecule has 0 N–H and O–H groups in total. The second kappa shape index (κ2) is 2.69. The summed E-state index contributed by atoms with van der Waals surface area (Å²) < 4.78 is 5.40. The van der Waals surface area contributed by atoms with Crippen molar-refractivity contribution in [3.05, 3.63) is 0 Å². The highest BCUT2D eigenvalue weighted by Gasteiger charge is 2.44. The van der Waals surface area contributed by atoms with Crippen molar-refractivity contribution in [3.8, 4) is 0 Å². The van der Waals surface area contributed by atoms with Crippen LogP contribution in [-0.4, -0.2) is 36.0 Å². The summed E-state index contributed by atoms with van der Waals surface area (Å²) in [7, 11) is 0. The molecule has 0 aromatic heterocycles. The van der Waals surface area contributed by atoms with E-state index < -0.39 is 0 Å². The van der Waals surface area contributed by atoms with Gasteiger partial charge in [-0.1, -0.05) is 0 Å². The van der Waals surface area contributed by atoms with Gasteiger partial charge in [0.05, 0.1) is 24.4 Å². The average Bonchev–Trinajstić information content (AvgIpc) is 2.61. The van der Waals surface area contributed by atoms with E-state index in [1.54, 1.807) is 0 Å². The Hall–Kier alpha value is -0.120. The second-order valence-corrected chi connectivity index (χ2v) is 4.59. The van der Waals surface area contributed by atoms with Gasteiger partial charge in [0.25, 0.3) is 0 Å². The lowest BCUT2D eigenvalue weighted by Gasteiger charge is -2.30. The number of ether oxygens (including phenoxy) is 1. The number of piperidine rings is 1. The first kappa shape index (κ1) is 8.48. The molecule has 12 heavy (non-hydrogen) atoms. The smallest absolute Gasteiger partial charge is 0.0992 e. The summed E-state index contributed by atoms with van der Waals surface area (Å²) in [6.07, 6.45) is 2.13. The molecule has 0 bridgehead atoms. The average molecular weight is 171 g/mol. The fraction of sp³-hybridized carbons (Fsp3) is 1.00. The summed E-state index contributed by atoms with van der Waals surface area (Å²) in [6, 6.07) is 0. The first-order valence-corrected chi connectivity index (χ1v) is 4.64. The van der Waals surface area contributed by atoms with Crippen LogP contribution in [0.5, 0.6) is 0 Å². The Morgan fingerprint density at radius 3 is 2.67 bits per heavy atom. The van der Waals surface area contributed by atoms with Gasteiger partial charge in [0, 0.05) is 6.54 Å². The van der Waals surface area contributed by atoms with E-state index in [1.165, 1.54) is 0 Å². The van der Waals surface area contributed by atoms with Crippen LogP contribution < -0.4 is 0 Å². The third-order valence-corrected chi connectivity index (χ3v) is 2.14. The molecule has 0 aromatic rings. The monoisotopic (exact) mass is 171 g/mol.